The van der Waals surface area contributed by atoms with Crippen LogP contribution < -0.4 is 9.47 Å². The normalized spacial score (nSPS) is 11.6. The van der Waals surface area contributed by atoms with Gasteiger partial charge in [0.25, 0.3) is 0 Å². The van der Waals surface area contributed by atoms with Gasteiger partial charge in [0.15, 0.2) is 0 Å². The molecular formula is C21H23NO3. The first-order chi connectivity index (χ1) is 11.9. The van der Waals surface area contributed by atoms with Gasteiger partial charge >= 0.3 is 0 Å². The minimum Gasteiger partial charge on any atom is -0.496 e. The number of nitrogens with zero attached hydrogens (tertiary/aromatic N) is 1. The summed E-state index contributed by atoms with van der Waals surface area (Å²) in [7, 11) is 1.65. The maximum absolute atomic E-state index is 9.44. The molecule has 1 aromatic heterocycles. The van der Waals surface area contributed by atoms with Gasteiger partial charge in [0.05, 0.1) is 24.9 Å². The Hall–Kier alpha value is -2.59. The number of aliphatic hydroxyl groups excluding tert-OH is 1. The van der Waals surface area contributed by atoms with Crippen molar-refractivity contribution < 1.29 is 14.6 Å². The van der Waals surface area contributed by atoms with E-state index in [0.29, 0.717) is 0 Å². The molecule has 0 aliphatic heterocycles. The van der Waals surface area contributed by atoms with Gasteiger partial charge in [-0.2, -0.15) is 0 Å². The zero-order valence-electron chi connectivity index (χ0n) is 15.0. The second-order valence-electron chi connectivity index (χ2n) is 6.93. The average molecular weight is 337 g/mol. The van der Waals surface area contributed by atoms with Crippen LogP contribution in [0.15, 0.2) is 48.5 Å². The van der Waals surface area contributed by atoms with Gasteiger partial charge in [-0.25, -0.2) is 4.98 Å². The molecule has 0 atom stereocenters. The Morgan fingerprint density at radius 1 is 1.00 bits per heavy atom. The molecule has 0 saturated carbocycles. The summed E-state index contributed by atoms with van der Waals surface area (Å²) in [6.45, 7) is 6.03. The molecule has 0 amide bonds. The van der Waals surface area contributed by atoms with Crippen molar-refractivity contribution in [1.29, 1.82) is 0 Å². The van der Waals surface area contributed by atoms with Crippen molar-refractivity contribution in [2.24, 2.45) is 0 Å². The Morgan fingerprint density at radius 3 is 2.44 bits per heavy atom. The Bertz CT molecular complexity index is 897. The molecule has 0 fully saturated rings. The Morgan fingerprint density at radius 2 is 1.76 bits per heavy atom. The predicted molar refractivity (Wildman–Crippen MR) is 100 cm³/mol. The third-order valence-electron chi connectivity index (χ3n) is 3.82. The number of benzene rings is 2. The molecule has 3 aromatic rings. The lowest BCUT2D eigenvalue weighted by atomic mass is 10.1. The number of hydrogen-bond donors (Lipinski definition) is 1. The van der Waals surface area contributed by atoms with Gasteiger partial charge in [0, 0.05) is 17.0 Å². The fourth-order valence-electron chi connectivity index (χ4n) is 2.75. The molecule has 1 N–H and O–H groups in total. The van der Waals surface area contributed by atoms with Gasteiger partial charge in [-0.15, -0.1) is 0 Å². The van der Waals surface area contributed by atoms with E-state index in [1.807, 2.05) is 69.3 Å². The summed E-state index contributed by atoms with van der Waals surface area (Å²) < 4.78 is 11.7. The van der Waals surface area contributed by atoms with E-state index in [1.165, 1.54) is 0 Å². The molecule has 25 heavy (non-hydrogen) atoms. The van der Waals surface area contributed by atoms with Crippen molar-refractivity contribution in [2.75, 3.05) is 7.11 Å². The second kappa shape index (κ2) is 6.73. The van der Waals surface area contributed by atoms with Crippen LogP contribution in [0.5, 0.6) is 11.5 Å². The number of methoxy groups -OCH3 is 1. The highest BCUT2D eigenvalue weighted by Crippen LogP contribution is 2.35. The monoisotopic (exact) mass is 337 g/mol. The number of ether oxygens (including phenoxy) is 2. The van der Waals surface area contributed by atoms with Crippen molar-refractivity contribution in [3.05, 3.63) is 54.1 Å². The molecule has 0 unspecified atom stereocenters. The van der Waals surface area contributed by atoms with Crippen molar-refractivity contribution in [3.8, 4) is 22.8 Å². The summed E-state index contributed by atoms with van der Waals surface area (Å²) in [6, 6.07) is 15.5. The molecule has 1 heterocycles. The summed E-state index contributed by atoms with van der Waals surface area (Å²) in [5, 5.41) is 10.4. The first kappa shape index (κ1) is 17.2. The van der Waals surface area contributed by atoms with Crippen molar-refractivity contribution in [2.45, 2.75) is 33.0 Å². The summed E-state index contributed by atoms with van der Waals surface area (Å²) in [5.74, 6) is 1.53. The van der Waals surface area contributed by atoms with Gasteiger partial charge in [-0.1, -0.05) is 18.2 Å². The number of rotatable bonds is 4. The van der Waals surface area contributed by atoms with Crippen LogP contribution in [0.1, 0.15) is 26.3 Å². The molecular weight excluding hydrogens is 314 g/mol. The van der Waals surface area contributed by atoms with Gasteiger partial charge < -0.3 is 14.6 Å². The number of pyridine rings is 1. The van der Waals surface area contributed by atoms with Crippen molar-refractivity contribution in [1.82, 2.24) is 4.98 Å². The lowest BCUT2D eigenvalue weighted by Gasteiger charge is -2.23. The highest BCUT2D eigenvalue weighted by atomic mass is 16.5. The first-order valence-corrected chi connectivity index (χ1v) is 8.28. The Kier molecular flexibility index (Phi) is 4.64. The fraction of sp³-hybridized carbons (Fsp3) is 0.286. The summed E-state index contributed by atoms with van der Waals surface area (Å²) >= 11 is 0. The van der Waals surface area contributed by atoms with E-state index in [2.05, 4.69) is 0 Å². The minimum absolute atomic E-state index is 0.0219. The average Bonchev–Trinajstić information content (AvgIpc) is 2.59. The number of para-hydroxylation sites is 1. The molecule has 130 valence electrons. The number of hydrogen-bond acceptors (Lipinski definition) is 4. The number of aliphatic hydroxyl groups is 1. The molecule has 0 aliphatic rings. The van der Waals surface area contributed by atoms with Crippen molar-refractivity contribution in [3.63, 3.8) is 0 Å². The maximum Gasteiger partial charge on any atom is 0.131 e. The van der Waals surface area contributed by atoms with E-state index in [9.17, 15) is 5.11 Å². The highest BCUT2D eigenvalue weighted by molar-refractivity contribution is 5.89. The van der Waals surface area contributed by atoms with E-state index < -0.39 is 0 Å². The maximum atomic E-state index is 9.44. The standard InChI is InChI=1S/C21H23NO3/c1-21(2,3)25-20-12-18(15-7-5-6-8-19(15)24-4)22-17-11-14(13-23)9-10-16(17)20/h5-12,23H,13H2,1-4H3. The van der Waals surface area contributed by atoms with E-state index in [4.69, 9.17) is 14.5 Å². The highest BCUT2D eigenvalue weighted by Gasteiger charge is 2.17. The van der Waals surface area contributed by atoms with Gasteiger partial charge in [0.1, 0.15) is 17.1 Å². The van der Waals surface area contributed by atoms with Crippen LogP contribution >= 0.6 is 0 Å². The van der Waals surface area contributed by atoms with Crippen LogP contribution in [0.4, 0.5) is 0 Å². The molecule has 4 heteroatoms. The zero-order chi connectivity index (χ0) is 18.0. The lowest BCUT2D eigenvalue weighted by molar-refractivity contribution is 0.133. The molecule has 2 aromatic carbocycles. The molecule has 0 spiro atoms. The first-order valence-electron chi connectivity index (χ1n) is 8.28. The SMILES string of the molecule is COc1ccccc1-c1cc(OC(C)(C)C)c2ccc(CO)cc2n1. The van der Waals surface area contributed by atoms with E-state index in [-0.39, 0.29) is 12.2 Å². The largest absolute Gasteiger partial charge is 0.496 e. The molecule has 3 rings (SSSR count). The Labute approximate surface area is 148 Å². The van der Waals surface area contributed by atoms with Crippen LogP contribution in [0, 0.1) is 0 Å². The molecule has 0 saturated heterocycles. The van der Waals surface area contributed by atoms with E-state index >= 15 is 0 Å². The smallest absolute Gasteiger partial charge is 0.131 e. The lowest BCUT2D eigenvalue weighted by Crippen LogP contribution is -2.23. The number of fused-ring (bicyclic) bond motifs is 1. The molecule has 0 bridgehead atoms. The summed E-state index contributed by atoms with van der Waals surface area (Å²) in [4.78, 5) is 4.78. The van der Waals surface area contributed by atoms with Crippen LogP contribution in [0.3, 0.4) is 0 Å². The van der Waals surface area contributed by atoms with Crippen LogP contribution in [0.2, 0.25) is 0 Å². The predicted octanol–water partition coefficient (Wildman–Crippen LogP) is 4.58. The fourth-order valence-corrected chi connectivity index (χ4v) is 2.75. The summed E-state index contributed by atoms with van der Waals surface area (Å²) in [5.41, 5.74) is 2.95. The van der Waals surface area contributed by atoms with Crippen LogP contribution in [-0.2, 0) is 6.61 Å². The minimum atomic E-state index is -0.331. The zero-order valence-corrected chi connectivity index (χ0v) is 15.0. The van der Waals surface area contributed by atoms with Gasteiger partial charge in [0.2, 0.25) is 0 Å². The third kappa shape index (κ3) is 3.74. The van der Waals surface area contributed by atoms with E-state index in [1.54, 1.807) is 7.11 Å². The third-order valence-corrected chi connectivity index (χ3v) is 3.82. The van der Waals surface area contributed by atoms with Crippen LogP contribution in [0.25, 0.3) is 22.2 Å². The Balaban J connectivity index is 2.25. The number of aromatic nitrogens is 1. The van der Waals surface area contributed by atoms with Gasteiger partial charge in [-0.05, 0) is 50.6 Å². The molecule has 4 nitrogen and oxygen atoms in total. The quantitative estimate of drug-likeness (QED) is 0.757. The molecule has 0 aliphatic carbocycles. The van der Waals surface area contributed by atoms with Crippen molar-refractivity contribution >= 4 is 10.9 Å². The van der Waals surface area contributed by atoms with E-state index in [0.717, 1.165) is 39.2 Å². The topological polar surface area (TPSA) is 51.6 Å². The molecule has 0 radical (unpaired) electrons. The van der Waals surface area contributed by atoms with Crippen LogP contribution in [-0.4, -0.2) is 22.8 Å². The summed E-state index contributed by atoms with van der Waals surface area (Å²) in [6.07, 6.45) is 0. The van der Waals surface area contributed by atoms with Gasteiger partial charge in [-0.3, -0.25) is 0 Å². The second-order valence-corrected chi connectivity index (χ2v) is 6.93.